The summed E-state index contributed by atoms with van der Waals surface area (Å²) in [4.78, 5) is 25.5. The van der Waals surface area contributed by atoms with Gasteiger partial charge in [-0.15, -0.1) is 0 Å². The molecule has 1 aliphatic rings. The molecule has 1 N–H and O–H groups in total. The van der Waals surface area contributed by atoms with Gasteiger partial charge < -0.3 is 14.7 Å². The molecule has 1 heterocycles. The Balaban J connectivity index is 2.13. The van der Waals surface area contributed by atoms with Crippen LogP contribution in [0.2, 0.25) is 0 Å². The standard InChI is InChI=1S/C22H24N2O5/c1-14-19(21(26)29-22(2,3)4)20(25)17-12-16(24(27)28)10-11-18(17)23(14)13-15-8-6-5-7-9-15/h5-12,14,25H,13H2,1-4H3. The van der Waals surface area contributed by atoms with Gasteiger partial charge in [-0.05, 0) is 39.3 Å². The first-order valence-electron chi connectivity index (χ1n) is 9.34. The Labute approximate surface area is 169 Å². The lowest BCUT2D eigenvalue weighted by molar-refractivity contribution is -0.384. The van der Waals surface area contributed by atoms with Gasteiger partial charge in [-0.1, -0.05) is 30.3 Å². The van der Waals surface area contributed by atoms with Crippen LogP contribution in [-0.4, -0.2) is 27.6 Å². The van der Waals surface area contributed by atoms with Crippen LogP contribution in [0.15, 0.2) is 54.1 Å². The van der Waals surface area contributed by atoms with Crippen molar-refractivity contribution < 1.29 is 19.6 Å². The molecule has 2 aromatic rings. The second-order valence-electron chi connectivity index (χ2n) is 8.01. The number of hydrogen-bond acceptors (Lipinski definition) is 6. The maximum Gasteiger partial charge on any atom is 0.340 e. The Hall–Kier alpha value is -3.35. The third-order valence-electron chi connectivity index (χ3n) is 4.71. The Morgan fingerprint density at radius 2 is 1.86 bits per heavy atom. The van der Waals surface area contributed by atoms with Crippen molar-refractivity contribution in [2.45, 2.75) is 45.9 Å². The highest BCUT2D eigenvalue weighted by atomic mass is 16.6. The van der Waals surface area contributed by atoms with E-state index in [1.54, 1.807) is 26.8 Å². The Morgan fingerprint density at radius 3 is 2.45 bits per heavy atom. The molecule has 0 bridgehead atoms. The summed E-state index contributed by atoms with van der Waals surface area (Å²) in [5.41, 5.74) is 1.06. The van der Waals surface area contributed by atoms with Gasteiger partial charge in [-0.3, -0.25) is 10.1 Å². The summed E-state index contributed by atoms with van der Waals surface area (Å²) < 4.78 is 5.49. The average Bonchev–Trinajstić information content (AvgIpc) is 2.64. The molecule has 0 amide bonds. The van der Waals surface area contributed by atoms with Gasteiger partial charge in [-0.2, -0.15) is 0 Å². The van der Waals surface area contributed by atoms with Crippen molar-refractivity contribution in [2.75, 3.05) is 4.90 Å². The minimum absolute atomic E-state index is 0.0869. The molecule has 1 aliphatic heterocycles. The highest BCUT2D eigenvalue weighted by Gasteiger charge is 2.37. The van der Waals surface area contributed by atoms with E-state index in [-0.39, 0.29) is 22.6 Å². The second kappa shape index (κ2) is 7.58. The lowest BCUT2D eigenvalue weighted by Crippen LogP contribution is -2.41. The van der Waals surface area contributed by atoms with Crippen molar-refractivity contribution in [3.8, 4) is 0 Å². The van der Waals surface area contributed by atoms with E-state index in [4.69, 9.17) is 4.74 Å². The number of rotatable bonds is 4. The quantitative estimate of drug-likeness (QED) is 0.461. The summed E-state index contributed by atoms with van der Waals surface area (Å²) in [7, 11) is 0. The van der Waals surface area contributed by atoms with Gasteiger partial charge in [0.05, 0.1) is 11.0 Å². The number of aliphatic hydroxyl groups excluding tert-OH is 1. The summed E-state index contributed by atoms with van der Waals surface area (Å²) in [5.74, 6) is -0.924. The molecule has 0 spiro atoms. The first kappa shape index (κ1) is 20.4. The maximum absolute atomic E-state index is 12.9. The smallest absolute Gasteiger partial charge is 0.340 e. The lowest BCUT2D eigenvalue weighted by Gasteiger charge is -2.38. The predicted octanol–water partition coefficient (Wildman–Crippen LogP) is 4.61. The predicted molar refractivity (Wildman–Crippen MR) is 111 cm³/mol. The zero-order valence-corrected chi connectivity index (χ0v) is 16.9. The second-order valence-corrected chi connectivity index (χ2v) is 8.01. The van der Waals surface area contributed by atoms with E-state index >= 15 is 0 Å². The van der Waals surface area contributed by atoms with Crippen LogP contribution in [0, 0.1) is 10.1 Å². The number of carbonyl (C=O) groups excluding carboxylic acids is 1. The zero-order chi connectivity index (χ0) is 21.3. The summed E-state index contributed by atoms with van der Waals surface area (Å²) in [6.45, 7) is 7.51. The molecule has 1 atom stereocenters. The van der Waals surface area contributed by atoms with Gasteiger partial charge in [-0.25, -0.2) is 4.79 Å². The topological polar surface area (TPSA) is 92.9 Å². The van der Waals surface area contributed by atoms with E-state index in [1.165, 1.54) is 12.1 Å². The van der Waals surface area contributed by atoms with Crippen molar-refractivity contribution in [1.29, 1.82) is 0 Å². The molecule has 1 unspecified atom stereocenters. The Kier molecular flexibility index (Phi) is 5.33. The van der Waals surface area contributed by atoms with Crippen molar-refractivity contribution in [3.63, 3.8) is 0 Å². The Morgan fingerprint density at radius 1 is 1.21 bits per heavy atom. The van der Waals surface area contributed by atoms with E-state index < -0.39 is 22.5 Å². The van der Waals surface area contributed by atoms with Crippen LogP contribution in [0.3, 0.4) is 0 Å². The summed E-state index contributed by atoms with van der Waals surface area (Å²) >= 11 is 0. The highest BCUT2D eigenvalue weighted by Crippen LogP contribution is 2.40. The highest BCUT2D eigenvalue weighted by molar-refractivity contribution is 6.01. The molecular weight excluding hydrogens is 372 g/mol. The van der Waals surface area contributed by atoms with Crippen LogP contribution in [0.4, 0.5) is 11.4 Å². The molecule has 3 rings (SSSR count). The monoisotopic (exact) mass is 396 g/mol. The fraction of sp³-hybridized carbons (Fsp3) is 0.318. The number of anilines is 1. The third kappa shape index (κ3) is 4.23. The third-order valence-corrected chi connectivity index (χ3v) is 4.71. The minimum atomic E-state index is -0.739. The van der Waals surface area contributed by atoms with Gasteiger partial charge in [0, 0.05) is 29.9 Å². The number of carbonyl (C=O) groups is 1. The number of nitrogens with zero attached hydrogens (tertiary/aromatic N) is 2. The molecule has 0 aliphatic carbocycles. The van der Waals surface area contributed by atoms with E-state index in [2.05, 4.69) is 0 Å². The van der Waals surface area contributed by atoms with E-state index in [9.17, 15) is 20.0 Å². The summed E-state index contributed by atoms with van der Waals surface area (Å²) in [5, 5.41) is 22.1. The SMILES string of the molecule is CC1C(C(=O)OC(C)(C)C)=C(O)c2cc([N+](=O)[O-])ccc2N1Cc1ccccc1. The van der Waals surface area contributed by atoms with Crippen LogP contribution >= 0.6 is 0 Å². The number of hydrogen-bond donors (Lipinski definition) is 1. The molecule has 2 aromatic carbocycles. The number of aliphatic hydroxyl groups is 1. The van der Waals surface area contributed by atoms with Gasteiger partial charge >= 0.3 is 5.97 Å². The van der Waals surface area contributed by atoms with Crippen molar-refractivity contribution in [3.05, 3.63) is 75.3 Å². The molecule has 7 nitrogen and oxygen atoms in total. The summed E-state index contributed by atoms with van der Waals surface area (Å²) in [6.07, 6.45) is 0. The van der Waals surface area contributed by atoms with E-state index in [1.807, 2.05) is 42.2 Å². The maximum atomic E-state index is 12.9. The molecule has 29 heavy (non-hydrogen) atoms. The Bertz CT molecular complexity index is 976. The molecule has 0 saturated heterocycles. The van der Waals surface area contributed by atoms with Gasteiger partial charge in [0.2, 0.25) is 0 Å². The lowest BCUT2D eigenvalue weighted by atomic mass is 9.93. The molecule has 152 valence electrons. The first-order chi connectivity index (χ1) is 13.6. The van der Waals surface area contributed by atoms with Crippen LogP contribution in [0.25, 0.3) is 5.76 Å². The number of nitro benzene ring substituents is 1. The normalized spacial score (nSPS) is 16.4. The molecular formula is C22H24N2O5. The van der Waals surface area contributed by atoms with Crippen LogP contribution in [-0.2, 0) is 16.1 Å². The zero-order valence-electron chi connectivity index (χ0n) is 16.9. The number of non-ortho nitro benzene ring substituents is 1. The van der Waals surface area contributed by atoms with Crippen molar-refractivity contribution in [1.82, 2.24) is 0 Å². The molecule has 0 saturated carbocycles. The fourth-order valence-corrected chi connectivity index (χ4v) is 3.39. The van der Waals surface area contributed by atoms with Crippen LogP contribution in [0.5, 0.6) is 0 Å². The van der Waals surface area contributed by atoms with Gasteiger partial charge in [0.1, 0.15) is 16.9 Å². The van der Waals surface area contributed by atoms with Crippen LogP contribution < -0.4 is 4.90 Å². The fourth-order valence-electron chi connectivity index (χ4n) is 3.39. The molecule has 7 heteroatoms. The number of esters is 1. The number of fused-ring (bicyclic) bond motifs is 1. The van der Waals surface area contributed by atoms with Gasteiger partial charge in [0.25, 0.3) is 5.69 Å². The van der Waals surface area contributed by atoms with Crippen LogP contribution in [0.1, 0.15) is 38.8 Å². The molecule has 0 fully saturated rings. The first-order valence-corrected chi connectivity index (χ1v) is 9.34. The number of nitro groups is 1. The van der Waals surface area contributed by atoms with E-state index in [0.29, 0.717) is 12.2 Å². The largest absolute Gasteiger partial charge is 0.507 e. The van der Waals surface area contributed by atoms with Crippen molar-refractivity contribution in [2.24, 2.45) is 0 Å². The summed E-state index contributed by atoms with van der Waals surface area (Å²) in [6, 6.07) is 13.5. The number of benzene rings is 2. The molecule has 0 aromatic heterocycles. The van der Waals surface area contributed by atoms with Gasteiger partial charge in [0.15, 0.2) is 0 Å². The average molecular weight is 396 g/mol. The van der Waals surface area contributed by atoms with E-state index in [0.717, 1.165) is 5.56 Å². The number of ether oxygens (including phenoxy) is 1. The minimum Gasteiger partial charge on any atom is -0.507 e. The molecule has 0 radical (unpaired) electrons. The van der Waals surface area contributed by atoms with Crippen molar-refractivity contribution >= 4 is 23.1 Å².